The Balaban J connectivity index is 1.47. The minimum atomic E-state index is -0.750. The number of hydrogen-bond donors (Lipinski definition) is 5. The van der Waals surface area contributed by atoms with Crippen LogP contribution in [-0.4, -0.2) is 74.7 Å². The molecule has 0 unspecified atom stereocenters. The summed E-state index contributed by atoms with van der Waals surface area (Å²) >= 11 is 0. The van der Waals surface area contributed by atoms with Crippen LogP contribution in [0, 0.1) is 23.7 Å². The molecule has 1 aliphatic carbocycles. The Bertz CT molecular complexity index is 1510. The van der Waals surface area contributed by atoms with Crippen LogP contribution in [0.1, 0.15) is 73.8 Å². The fourth-order valence-electron chi connectivity index (χ4n) is 6.61. The Morgan fingerprint density at radius 3 is 2.77 bits per heavy atom. The molecular formula is C37H50N4O6. The number of aromatic hydroxyl groups is 1. The van der Waals surface area contributed by atoms with Crippen LogP contribution < -0.4 is 30.2 Å². The summed E-state index contributed by atoms with van der Waals surface area (Å²) in [6.07, 6.45) is 4.27. The van der Waals surface area contributed by atoms with Crippen LogP contribution in [0.5, 0.6) is 23.0 Å². The molecule has 3 atom stereocenters. The number of carbonyl (C=O) groups excluding carboxylic acids is 1. The lowest BCUT2D eigenvalue weighted by Gasteiger charge is -2.33. The molecule has 3 aliphatic rings. The molecule has 47 heavy (non-hydrogen) atoms. The molecule has 0 radical (unpaired) electrons. The Morgan fingerprint density at radius 2 is 1.98 bits per heavy atom. The summed E-state index contributed by atoms with van der Waals surface area (Å²) in [4.78, 5) is 17.5. The maximum atomic E-state index is 12.9. The molecule has 0 amide bonds. The van der Waals surface area contributed by atoms with E-state index in [4.69, 9.17) is 14.2 Å². The van der Waals surface area contributed by atoms with Gasteiger partial charge in [0, 0.05) is 49.5 Å². The highest BCUT2D eigenvalue weighted by Crippen LogP contribution is 2.43. The van der Waals surface area contributed by atoms with Crippen molar-refractivity contribution in [2.75, 3.05) is 40.6 Å². The van der Waals surface area contributed by atoms with Crippen molar-refractivity contribution in [1.82, 2.24) is 16.0 Å². The summed E-state index contributed by atoms with van der Waals surface area (Å²) in [5.74, 6) is 9.93. The number of aryl methyl sites for hydroxylation is 2. The van der Waals surface area contributed by atoms with Gasteiger partial charge in [0.05, 0.1) is 25.4 Å². The highest BCUT2D eigenvalue weighted by molar-refractivity contribution is 5.80. The first kappa shape index (κ1) is 34.4. The van der Waals surface area contributed by atoms with Crippen molar-refractivity contribution < 1.29 is 29.2 Å². The van der Waals surface area contributed by atoms with Crippen LogP contribution in [0.4, 0.5) is 0 Å². The smallest absolute Gasteiger partial charge is 0.191 e. The lowest BCUT2D eigenvalue weighted by atomic mass is 9.85. The van der Waals surface area contributed by atoms with E-state index in [9.17, 15) is 15.0 Å². The van der Waals surface area contributed by atoms with E-state index in [1.165, 1.54) is 7.11 Å². The van der Waals surface area contributed by atoms with E-state index >= 15 is 0 Å². The molecule has 5 rings (SSSR count). The lowest BCUT2D eigenvalue weighted by molar-refractivity contribution is -0.121. The van der Waals surface area contributed by atoms with Gasteiger partial charge in [-0.2, -0.15) is 0 Å². The maximum absolute atomic E-state index is 12.9. The first-order valence-corrected chi connectivity index (χ1v) is 17.0. The van der Waals surface area contributed by atoms with Crippen LogP contribution in [0.15, 0.2) is 23.2 Å². The van der Waals surface area contributed by atoms with Gasteiger partial charge < -0.3 is 35.1 Å². The number of hydrogen-bond acceptors (Lipinski definition) is 10. The first-order valence-electron chi connectivity index (χ1n) is 17.0. The zero-order valence-electron chi connectivity index (χ0n) is 28.2. The van der Waals surface area contributed by atoms with Crippen LogP contribution in [0.2, 0.25) is 0 Å². The molecule has 2 heterocycles. The minimum absolute atomic E-state index is 0.00367. The van der Waals surface area contributed by atoms with Crippen molar-refractivity contribution in [1.29, 1.82) is 0 Å². The van der Waals surface area contributed by atoms with Crippen molar-refractivity contribution in [3.8, 4) is 34.8 Å². The number of fused-ring (bicyclic) bond motifs is 5. The number of ketones is 1. The van der Waals surface area contributed by atoms with Crippen molar-refractivity contribution in [3.63, 3.8) is 0 Å². The molecule has 5 N–H and O–H groups in total. The van der Waals surface area contributed by atoms with Gasteiger partial charge in [0.1, 0.15) is 12.5 Å². The second-order valence-corrected chi connectivity index (χ2v) is 13.3. The molecule has 10 nitrogen and oxygen atoms in total. The summed E-state index contributed by atoms with van der Waals surface area (Å²) < 4.78 is 18.4. The maximum Gasteiger partial charge on any atom is 0.191 e. The van der Waals surface area contributed by atoms with Crippen molar-refractivity contribution in [2.45, 2.75) is 83.8 Å². The van der Waals surface area contributed by atoms with Crippen LogP contribution >= 0.6 is 0 Å². The zero-order chi connectivity index (χ0) is 33.3. The second-order valence-electron chi connectivity index (χ2n) is 13.3. The summed E-state index contributed by atoms with van der Waals surface area (Å²) in [6.45, 7) is 6.93. The monoisotopic (exact) mass is 646 g/mol. The fraction of sp³-hybridized carbons (Fsp3) is 0.568. The van der Waals surface area contributed by atoms with E-state index in [0.29, 0.717) is 74.0 Å². The number of ether oxygens (including phenoxy) is 3. The molecule has 0 saturated carbocycles. The number of aliphatic imine (C=N–C) groups is 1. The van der Waals surface area contributed by atoms with E-state index in [2.05, 4.69) is 52.7 Å². The second kappa shape index (κ2) is 16.2. The Labute approximate surface area is 278 Å². The van der Waals surface area contributed by atoms with Gasteiger partial charge in [-0.15, -0.1) is 0 Å². The average molecular weight is 647 g/mol. The molecule has 0 fully saturated rings. The number of phenolic OH excluding ortho intramolecular Hbond substituents is 1. The zero-order valence-corrected chi connectivity index (χ0v) is 28.2. The summed E-state index contributed by atoms with van der Waals surface area (Å²) in [6, 6.07) is 5.79. The van der Waals surface area contributed by atoms with E-state index < -0.39 is 6.10 Å². The molecule has 2 aliphatic heterocycles. The topological polar surface area (TPSA) is 134 Å². The molecule has 0 saturated heterocycles. The van der Waals surface area contributed by atoms with Gasteiger partial charge in [-0.1, -0.05) is 37.8 Å². The number of Topliss-reactive ketones (excluding diaryl/α,β-unsaturated/α-hetero) is 1. The number of methoxy groups -OCH3 is 1. The molecule has 10 heteroatoms. The van der Waals surface area contributed by atoms with Gasteiger partial charge in [-0.05, 0) is 74.6 Å². The fourth-order valence-corrected chi connectivity index (χ4v) is 6.61. The SMILES string of the molecule is CNCOc1c2cc(c3c1OC[C@@H](C[C@@H]1CCN=C(NCC(C)C)N1)C3)CC[C@@H](O)CC(=O)CCc1ccc(O)c(OC)c1C#CC2. The van der Waals surface area contributed by atoms with Crippen LogP contribution in [0.25, 0.3) is 0 Å². The van der Waals surface area contributed by atoms with E-state index in [1.54, 1.807) is 12.1 Å². The lowest BCUT2D eigenvalue weighted by Crippen LogP contribution is -2.48. The van der Waals surface area contributed by atoms with E-state index in [1.807, 2.05) is 7.05 Å². The first-order chi connectivity index (χ1) is 22.7. The number of aliphatic hydroxyl groups is 1. The van der Waals surface area contributed by atoms with Gasteiger partial charge in [0.15, 0.2) is 29.0 Å². The highest BCUT2D eigenvalue weighted by atomic mass is 16.5. The van der Waals surface area contributed by atoms with Crippen LogP contribution in [-0.2, 0) is 30.5 Å². The largest absolute Gasteiger partial charge is 0.504 e. The normalized spacial score (nSPS) is 21.4. The Morgan fingerprint density at radius 1 is 1.13 bits per heavy atom. The Kier molecular flexibility index (Phi) is 11.9. The Hall–Kier alpha value is -3.94. The van der Waals surface area contributed by atoms with Gasteiger partial charge in [0.2, 0.25) is 0 Å². The number of nitrogens with zero attached hydrogens (tertiary/aromatic N) is 1. The number of carbonyl (C=O) groups is 1. The molecule has 0 aromatic heterocycles. The number of aliphatic hydroxyl groups excluding tert-OH is 1. The molecule has 2 bridgehead atoms. The number of nitrogens with one attached hydrogen (secondary N) is 3. The van der Waals surface area contributed by atoms with Gasteiger partial charge in [0.25, 0.3) is 0 Å². The molecular weight excluding hydrogens is 596 g/mol. The van der Waals surface area contributed by atoms with Crippen LogP contribution in [0.3, 0.4) is 0 Å². The van der Waals surface area contributed by atoms with Gasteiger partial charge in [-0.3, -0.25) is 15.1 Å². The minimum Gasteiger partial charge on any atom is -0.504 e. The van der Waals surface area contributed by atoms with Crippen molar-refractivity contribution in [2.24, 2.45) is 16.8 Å². The highest BCUT2D eigenvalue weighted by Gasteiger charge is 2.31. The molecule has 254 valence electrons. The summed E-state index contributed by atoms with van der Waals surface area (Å²) in [7, 11) is 3.33. The summed E-state index contributed by atoms with van der Waals surface area (Å²) in [5.41, 5.74) is 4.47. The van der Waals surface area contributed by atoms with E-state index in [-0.39, 0.29) is 24.4 Å². The molecule has 2 aromatic rings. The van der Waals surface area contributed by atoms with E-state index in [0.717, 1.165) is 66.3 Å². The average Bonchev–Trinajstić information content (AvgIpc) is 3.05. The predicted octanol–water partition coefficient (Wildman–Crippen LogP) is 3.65. The van der Waals surface area contributed by atoms with Gasteiger partial charge >= 0.3 is 0 Å². The quantitative estimate of drug-likeness (QED) is 0.215. The molecule has 0 spiro atoms. The standard InChI is InChI=1S/C37H50N4O6/c1-23(2)20-40-37-39-15-14-28(41-37)16-24-17-32-26-9-12-30(43)19-29(42)11-8-25-10-13-33(44)35(45-4)31(25)7-5-6-27(18-26)34(47-22-38-3)36(32)46-21-24/h10,13,18,23-24,28,30,38,43-44H,6,8-9,11-12,14-17,19-22H2,1-4H3,(H2,39,40,41)/t24-,28-,30+/m0/s1. The summed E-state index contributed by atoms with van der Waals surface area (Å²) in [5, 5.41) is 31.5. The third kappa shape index (κ3) is 8.91. The number of benzene rings is 2. The molecule has 2 aromatic carbocycles. The third-order valence-corrected chi connectivity index (χ3v) is 9.01. The van der Waals surface area contributed by atoms with Crippen molar-refractivity contribution in [3.05, 3.63) is 46.0 Å². The van der Waals surface area contributed by atoms with Gasteiger partial charge in [-0.25, -0.2) is 0 Å². The third-order valence-electron chi connectivity index (χ3n) is 9.01. The number of guanidine groups is 1. The predicted molar refractivity (Wildman–Crippen MR) is 182 cm³/mol. The number of rotatable bonds is 8. The number of phenols is 1. The van der Waals surface area contributed by atoms with Crippen molar-refractivity contribution >= 4 is 11.7 Å².